The van der Waals surface area contributed by atoms with Crippen molar-refractivity contribution in [3.8, 4) is 5.75 Å². The van der Waals surface area contributed by atoms with E-state index in [9.17, 15) is 4.79 Å². The van der Waals surface area contributed by atoms with Crippen LogP contribution in [0.2, 0.25) is 0 Å². The van der Waals surface area contributed by atoms with Crippen LogP contribution >= 0.6 is 27.7 Å². The number of anilines is 1. The molecule has 0 radical (unpaired) electrons. The number of nitrogens with one attached hydrogen (secondary N) is 1. The van der Waals surface area contributed by atoms with Crippen LogP contribution in [0.4, 0.5) is 5.95 Å². The number of fused-ring (bicyclic) bond motifs is 1. The number of hydrogen-bond acceptors (Lipinski definition) is 7. The largest absolute Gasteiger partial charge is 0.496 e. The minimum Gasteiger partial charge on any atom is -0.496 e. The van der Waals surface area contributed by atoms with Crippen LogP contribution in [0.25, 0.3) is 0 Å². The van der Waals surface area contributed by atoms with Crippen LogP contribution in [0.1, 0.15) is 31.9 Å². The average Bonchev–Trinajstić information content (AvgIpc) is 3.11. The van der Waals surface area contributed by atoms with Crippen LogP contribution in [0.5, 0.6) is 5.75 Å². The predicted octanol–water partition coefficient (Wildman–Crippen LogP) is 4.57. The van der Waals surface area contributed by atoms with Crippen LogP contribution < -0.4 is 10.1 Å². The summed E-state index contributed by atoms with van der Waals surface area (Å²) in [6.07, 6.45) is 2.57. The number of benzene rings is 1. The molecule has 2 heterocycles. The van der Waals surface area contributed by atoms with Crippen molar-refractivity contribution < 1.29 is 14.3 Å². The monoisotopic (exact) mass is 478 g/mol. The summed E-state index contributed by atoms with van der Waals surface area (Å²) in [5.74, 6) is 1.80. The molecule has 1 aliphatic heterocycles. The van der Waals surface area contributed by atoms with Gasteiger partial charge in [0.15, 0.2) is 0 Å². The first-order chi connectivity index (χ1) is 14.0. The fourth-order valence-electron chi connectivity index (χ4n) is 3.02. The summed E-state index contributed by atoms with van der Waals surface area (Å²) >= 11 is 5.12. The van der Waals surface area contributed by atoms with Gasteiger partial charge in [0.1, 0.15) is 18.4 Å². The molecule has 154 valence electrons. The van der Waals surface area contributed by atoms with E-state index in [1.807, 2.05) is 25.1 Å². The molecule has 0 fully saturated rings. The summed E-state index contributed by atoms with van der Waals surface area (Å²) in [7, 11) is 1.61. The maximum Gasteiger partial charge on any atom is 0.338 e. The summed E-state index contributed by atoms with van der Waals surface area (Å²) in [6, 6.07) is 5.21. The lowest BCUT2D eigenvalue weighted by atomic mass is 9.96. The third-order valence-corrected chi connectivity index (χ3v) is 5.98. The summed E-state index contributed by atoms with van der Waals surface area (Å²) in [6.45, 7) is 7.70. The number of aromatic nitrogens is 3. The van der Waals surface area contributed by atoms with E-state index in [2.05, 4.69) is 44.8 Å². The molecule has 1 aliphatic rings. The molecule has 0 saturated carbocycles. The Hall–Kier alpha value is -2.26. The standard InChI is InChI=1S/C20H23BrN4O3S/c1-5-9-28-18(26)16-12(3)22-19-23-20(29-10-6-2)24-25(19)17(16)13-7-8-15(27-4)14(21)11-13/h5,7-8,11,17H,1,6,9-10H2,2-4H3,(H,22,23,24). The second kappa shape index (κ2) is 9.49. The molecule has 3 rings (SSSR count). The van der Waals surface area contributed by atoms with E-state index in [0.29, 0.717) is 28.1 Å². The molecule has 0 bridgehead atoms. The highest BCUT2D eigenvalue weighted by Crippen LogP contribution is 2.39. The van der Waals surface area contributed by atoms with Crippen molar-refractivity contribution >= 4 is 39.6 Å². The van der Waals surface area contributed by atoms with Gasteiger partial charge >= 0.3 is 5.97 Å². The molecule has 1 unspecified atom stereocenters. The number of allylic oxidation sites excluding steroid dienone is 1. The SMILES string of the molecule is C=CCOC(=O)C1=C(C)Nc2nc(SCCC)nn2C1c1ccc(OC)c(Br)c1. The first-order valence-electron chi connectivity index (χ1n) is 9.18. The number of carbonyl (C=O) groups excluding carboxylic acids is 1. The fourth-order valence-corrected chi connectivity index (χ4v) is 4.27. The van der Waals surface area contributed by atoms with Crippen LogP contribution in [0, 0.1) is 0 Å². The second-order valence-electron chi connectivity index (χ2n) is 6.36. The van der Waals surface area contributed by atoms with E-state index < -0.39 is 12.0 Å². The number of ether oxygens (including phenoxy) is 2. The molecule has 9 heteroatoms. The van der Waals surface area contributed by atoms with E-state index in [-0.39, 0.29) is 6.61 Å². The lowest BCUT2D eigenvalue weighted by Crippen LogP contribution is -2.29. The van der Waals surface area contributed by atoms with Gasteiger partial charge < -0.3 is 14.8 Å². The van der Waals surface area contributed by atoms with E-state index in [1.165, 1.54) is 0 Å². The Labute approximate surface area is 182 Å². The Morgan fingerprint density at radius 2 is 2.28 bits per heavy atom. The van der Waals surface area contributed by atoms with Crippen molar-refractivity contribution in [3.63, 3.8) is 0 Å². The number of esters is 1. The van der Waals surface area contributed by atoms with Gasteiger partial charge in [-0.15, -0.1) is 5.10 Å². The Balaban J connectivity index is 2.10. The van der Waals surface area contributed by atoms with Gasteiger partial charge in [-0.05, 0) is 47.0 Å². The fraction of sp³-hybridized carbons (Fsp3) is 0.350. The normalized spacial score (nSPS) is 15.5. The molecule has 2 aromatic rings. The lowest BCUT2D eigenvalue weighted by molar-refractivity contribution is -0.138. The van der Waals surface area contributed by atoms with Crippen molar-refractivity contribution in [2.24, 2.45) is 0 Å². The molecule has 0 aliphatic carbocycles. The minimum atomic E-state index is -0.478. The summed E-state index contributed by atoms with van der Waals surface area (Å²) in [4.78, 5) is 17.5. The van der Waals surface area contributed by atoms with Crippen molar-refractivity contribution in [1.82, 2.24) is 14.8 Å². The highest BCUT2D eigenvalue weighted by atomic mass is 79.9. The first kappa shape index (κ1) is 21.4. The molecule has 7 nitrogen and oxygen atoms in total. The first-order valence-corrected chi connectivity index (χ1v) is 11.0. The van der Waals surface area contributed by atoms with E-state index in [1.54, 1.807) is 29.6 Å². The van der Waals surface area contributed by atoms with Gasteiger partial charge in [-0.2, -0.15) is 4.98 Å². The van der Waals surface area contributed by atoms with Crippen molar-refractivity contribution in [2.45, 2.75) is 31.5 Å². The quantitative estimate of drug-likeness (QED) is 0.338. The number of rotatable bonds is 8. The maximum absolute atomic E-state index is 12.9. The van der Waals surface area contributed by atoms with E-state index in [4.69, 9.17) is 9.47 Å². The molecule has 1 aromatic carbocycles. The van der Waals surface area contributed by atoms with Gasteiger partial charge in [-0.25, -0.2) is 9.48 Å². The van der Waals surface area contributed by atoms with Crippen LogP contribution in [0.3, 0.4) is 0 Å². The highest BCUT2D eigenvalue weighted by molar-refractivity contribution is 9.10. The smallest absolute Gasteiger partial charge is 0.338 e. The second-order valence-corrected chi connectivity index (χ2v) is 8.27. The van der Waals surface area contributed by atoms with Gasteiger partial charge in [0.2, 0.25) is 11.1 Å². The number of hydrogen-bond donors (Lipinski definition) is 1. The molecule has 1 N–H and O–H groups in total. The topological polar surface area (TPSA) is 78.3 Å². The number of carbonyl (C=O) groups is 1. The number of methoxy groups -OCH3 is 1. The third-order valence-electron chi connectivity index (χ3n) is 4.31. The third kappa shape index (κ3) is 4.51. The number of thioether (sulfide) groups is 1. The van der Waals surface area contributed by atoms with Crippen molar-refractivity contribution in [2.75, 3.05) is 24.8 Å². The van der Waals surface area contributed by atoms with Gasteiger partial charge in [0.05, 0.1) is 17.2 Å². The molecule has 0 saturated heterocycles. The summed E-state index contributed by atoms with van der Waals surface area (Å²) in [5.41, 5.74) is 2.03. The Morgan fingerprint density at radius 3 is 2.93 bits per heavy atom. The molecule has 1 aromatic heterocycles. The average molecular weight is 479 g/mol. The Morgan fingerprint density at radius 1 is 1.48 bits per heavy atom. The Kier molecular flexibility index (Phi) is 7.02. The zero-order valence-corrected chi connectivity index (χ0v) is 19.0. The van der Waals surface area contributed by atoms with Crippen molar-refractivity contribution in [3.05, 3.63) is 52.2 Å². The maximum atomic E-state index is 12.9. The number of halogens is 1. The van der Waals surface area contributed by atoms with E-state index >= 15 is 0 Å². The van der Waals surface area contributed by atoms with Gasteiger partial charge in [-0.3, -0.25) is 0 Å². The summed E-state index contributed by atoms with van der Waals surface area (Å²) < 4.78 is 13.2. The van der Waals surface area contributed by atoms with Gasteiger partial charge in [0, 0.05) is 11.4 Å². The zero-order chi connectivity index (χ0) is 21.0. The van der Waals surface area contributed by atoms with Crippen LogP contribution in [-0.4, -0.2) is 40.2 Å². The Bertz CT molecular complexity index is 957. The van der Waals surface area contributed by atoms with E-state index in [0.717, 1.165) is 22.2 Å². The van der Waals surface area contributed by atoms with Crippen molar-refractivity contribution in [1.29, 1.82) is 0 Å². The number of nitrogens with zero attached hydrogens (tertiary/aromatic N) is 3. The molecule has 0 spiro atoms. The van der Waals surface area contributed by atoms with Gasteiger partial charge in [-0.1, -0.05) is 37.4 Å². The zero-order valence-electron chi connectivity index (χ0n) is 16.6. The molecule has 1 atom stereocenters. The molecular formula is C20H23BrN4O3S. The van der Waals surface area contributed by atoms with Crippen LogP contribution in [-0.2, 0) is 9.53 Å². The molecular weight excluding hydrogens is 456 g/mol. The predicted molar refractivity (Wildman–Crippen MR) is 117 cm³/mol. The minimum absolute atomic E-state index is 0.135. The van der Waals surface area contributed by atoms with Crippen LogP contribution in [0.15, 0.2) is 51.8 Å². The summed E-state index contributed by atoms with van der Waals surface area (Å²) in [5, 5.41) is 8.52. The lowest BCUT2D eigenvalue weighted by Gasteiger charge is -2.28. The molecule has 29 heavy (non-hydrogen) atoms. The van der Waals surface area contributed by atoms with Gasteiger partial charge in [0.25, 0.3) is 0 Å². The molecule has 0 amide bonds. The highest BCUT2D eigenvalue weighted by Gasteiger charge is 2.35.